The highest BCUT2D eigenvalue weighted by Gasteiger charge is 2.14. The molecule has 0 aliphatic carbocycles. The first kappa shape index (κ1) is 14.4. The molecule has 0 bridgehead atoms. The van der Waals surface area contributed by atoms with Crippen molar-refractivity contribution in [3.63, 3.8) is 0 Å². The zero-order chi connectivity index (χ0) is 15.5. The minimum absolute atomic E-state index is 0.174. The van der Waals surface area contributed by atoms with Crippen LogP contribution in [0.2, 0.25) is 0 Å². The lowest BCUT2D eigenvalue weighted by Gasteiger charge is -2.08. The van der Waals surface area contributed by atoms with E-state index in [1.54, 1.807) is 16.8 Å². The monoisotopic (exact) mass is 297 g/mol. The van der Waals surface area contributed by atoms with Crippen molar-refractivity contribution in [3.8, 4) is 11.3 Å². The molecule has 0 fully saturated rings. The number of aliphatic hydroxyl groups excluding tert-OH is 1. The highest BCUT2D eigenvalue weighted by molar-refractivity contribution is 5.62. The Hall–Kier alpha value is -2.53. The van der Waals surface area contributed by atoms with Gasteiger partial charge in [-0.3, -0.25) is 0 Å². The maximum absolute atomic E-state index is 13.0. The largest absolute Gasteiger partial charge is 0.390 e. The number of benzene rings is 2. The van der Waals surface area contributed by atoms with Crippen molar-refractivity contribution in [1.82, 2.24) is 15.0 Å². The van der Waals surface area contributed by atoms with E-state index >= 15 is 0 Å². The van der Waals surface area contributed by atoms with Crippen LogP contribution in [0.3, 0.4) is 0 Å². The second-order valence-corrected chi connectivity index (χ2v) is 5.19. The molecule has 112 valence electrons. The Morgan fingerprint density at radius 2 is 1.73 bits per heavy atom. The van der Waals surface area contributed by atoms with Gasteiger partial charge in [-0.2, -0.15) is 0 Å². The highest BCUT2D eigenvalue weighted by Crippen LogP contribution is 2.23. The van der Waals surface area contributed by atoms with Crippen molar-refractivity contribution in [3.05, 3.63) is 71.2 Å². The predicted octanol–water partition coefficient (Wildman–Crippen LogP) is 2.93. The number of nitrogens with zero attached hydrogens (tertiary/aromatic N) is 3. The van der Waals surface area contributed by atoms with Gasteiger partial charge >= 0.3 is 0 Å². The first-order chi connectivity index (χ1) is 10.7. The van der Waals surface area contributed by atoms with E-state index in [4.69, 9.17) is 0 Å². The van der Waals surface area contributed by atoms with Crippen LogP contribution < -0.4 is 0 Å². The van der Waals surface area contributed by atoms with Crippen molar-refractivity contribution in [2.45, 2.75) is 20.1 Å². The lowest BCUT2D eigenvalue weighted by Crippen LogP contribution is -2.04. The Kier molecular flexibility index (Phi) is 3.98. The lowest BCUT2D eigenvalue weighted by atomic mass is 10.1. The molecule has 22 heavy (non-hydrogen) atoms. The van der Waals surface area contributed by atoms with Crippen LogP contribution in [0.4, 0.5) is 4.39 Å². The smallest absolute Gasteiger partial charge is 0.123 e. The van der Waals surface area contributed by atoms with Crippen molar-refractivity contribution in [2.75, 3.05) is 0 Å². The van der Waals surface area contributed by atoms with Gasteiger partial charge < -0.3 is 5.11 Å². The van der Waals surface area contributed by atoms with Gasteiger partial charge in [-0.15, -0.1) is 5.10 Å². The van der Waals surface area contributed by atoms with E-state index in [0.29, 0.717) is 12.2 Å². The average Bonchev–Trinajstić information content (AvgIpc) is 2.93. The molecule has 0 aliphatic rings. The minimum atomic E-state index is -0.267. The van der Waals surface area contributed by atoms with Gasteiger partial charge in [-0.1, -0.05) is 47.2 Å². The molecular formula is C17H16FN3O. The molecule has 4 nitrogen and oxygen atoms in total. The Balaban J connectivity index is 1.99. The Morgan fingerprint density at radius 1 is 1.05 bits per heavy atom. The van der Waals surface area contributed by atoms with E-state index in [0.717, 1.165) is 22.4 Å². The minimum Gasteiger partial charge on any atom is -0.390 e. The summed E-state index contributed by atoms with van der Waals surface area (Å²) >= 11 is 0. The third-order valence-corrected chi connectivity index (χ3v) is 3.53. The molecule has 5 heteroatoms. The van der Waals surface area contributed by atoms with E-state index in [2.05, 4.69) is 10.3 Å². The molecule has 0 amide bonds. The molecule has 1 aromatic heterocycles. The summed E-state index contributed by atoms with van der Waals surface area (Å²) in [5.41, 5.74) is 4.34. The fraction of sp³-hybridized carbons (Fsp3) is 0.176. The van der Waals surface area contributed by atoms with Crippen molar-refractivity contribution in [1.29, 1.82) is 0 Å². The fourth-order valence-corrected chi connectivity index (χ4v) is 2.36. The third kappa shape index (κ3) is 2.89. The summed E-state index contributed by atoms with van der Waals surface area (Å²) < 4.78 is 14.7. The summed E-state index contributed by atoms with van der Waals surface area (Å²) in [7, 11) is 0. The topological polar surface area (TPSA) is 50.9 Å². The zero-order valence-corrected chi connectivity index (χ0v) is 12.2. The van der Waals surface area contributed by atoms with E-state index in [9.17, 15) is 9.50 Å². The zero-order valence-electron chi connectivity index (χ0n) is 12.2. The number of aliphatic hydroxyl groups is 1. The first-order valence-corrected chi connectivity index (χ1v) is 7.02. The molecule has 1 N–H and O–H groups in total. The lowest BCUT2D eigenvalue weighted by molar-refractivity contribution is 0.277. The fourth-order valence-electron chi connectivity index (χ4n) is 2.36. The van der Waals surface area contributed by atoms with Crippen molar-refractivity contribution < 1.29 is 9.50 Å². The molecule has 2 aromatic carbocycles. The van der Waals surface area contributed by atoms with E-state index in [-0.39, 0.29) is 12.4 Å². The normalized spacial score (nSPS) is 10.9. The molecule has 0 saturated carbocycles. The van der Waals surface area contributed by atoms with Crippen LogP contribution in [0, 0.1) is 12.7 Å². The van der Waals surface area contributed by atoms with Crippen LogP contribution in [0.5, 0.6) is 0 Å². The number of hydrogen-bond acceptors (Lipinski definition) is 3. The number of aromatic nitrogens is 3. The van der Waals surface area contributed by atoms with Crippen LogP contribution >= 0.6 is 0 Å². The molecule has 0 radical (unpaired) electrons. The molecule has 0 unspecified atom stereocenters. The summed E-state index contributed by atoms with van der Waals surface area (Å²) in [6, 6.07) is 14.2. The van der Waals surface area contributed by atoms with E-state index in [1.165, 1.54) is 12.1 Å². The molecule has 0 aliphatic heterocycles. The number of hydrogen-bond donors (Lipinski definition) is 1. The quantitative estimate of drug-likeness (QED) is 0.805. The number of rotatable bonds is 4. The summed E-state index contributed by atoms with van der Waals surface area (Å²) in [6.07, 6.45) is 0. The van der Waals surface area contributed by atoms with Crippen molar-refractivity contribution >= 4 is 0 Å². The van der Waals surface area contributed by atoms with Gasteiger partial charge in [0.25, 0.3) is 0 Å². The van der Waals surface area contributed by atoms with Crippen molar-refractivity contribution in [2.24, 2.45) is 0 Å². The van der Waals surface area contributed by atoms with Gasteiger partial charge in [0.05, 0.1) is 18.8 Å². The van der Waals surface area contributed by atoms with E-state index < -0.39 is 0 Å². The maximum atomic E-state index is 13.0. The SMILES string of the molecule is Cc1ccc(-c2c(CO)nnn2Cc2ccc(F)cc2)cc1. The van der Waals surface area contributed by atoms with Gasteiger partial charge in [0.2, 0.25) is 0 Å². The maximum Gasteiger partial charge on any atom is 0.123 e. The molecule has 1 heterocycles. The van der Waals surface area contributed by atoms with Gasteiger partial charge in [0, 0.05) is 5.56 Å². The summed E-state index contributed by atoms with van der Waals surface area (Å²) in [5.74, 6) is -0.267. The van der Waals surface area contributed by atoms with Gasteiger partial charge in [0.1, 0.15) is 11.5 Å². The average molecular weight is 297 g/mol. The van der Waals surface area contributed by atoms with Gasteiger partial charge in [-0.05, 0) is 24.6 Å². The van der Waals surface area contributed by atoms with Gasteiger partial charge in [-0.25, -0.2) is 9.07 Å². The summed E-state index contributed by atoms with van der Waals surface area (Å²) in [6.45, 7) is 2.31. The predicted molar refractivity (Wildman–Crippen MR) is 81.6 cm³/mol. The first-order valence-electron chi connectivity index (χ1n) is 7.02. The Labute approximate surface area is 127 Å². The van der Waals surface area contributed by atoms with Crippen LogP contribution in [0.1, 0.15) is 16.8 Å². The molecule has 0 atom stereocenters. The molecule has 3 aromatic rings. The van der Waals surface area contributed by atoms with Crippen LogP contribution in [0.25, 0.3) is 11.3 Å². The standard InChI is InChI=1S/C17H16FN3O/c1-12-2-6-14(7-3-12)17-16(11-22)19-20-21(17)10-13-4-8-15(18)9-5-13/h2-9,22H,10-11H2,1H3. The molecule has 0 saturated heterocycles. The second-order valence-electron chi connectivity index (χ2n) is 5.19. The summed E-state index contributed by atoms with van der Waals surface area (Å²) in [5, 5.41) is 17.6. The number of aryl methyl sites for hydroxylation is 1. The van der Waals surface area contributed by atoms with Crippen LogP contribution in [-0.2, 0) is 13.2 Å². The Morgan fingerprint density at radius 3 is 2.36 bits per heavy atom. The molecule has 3 rings (SSSR count). The van der Waals surface area contributed by atoms with E-state index in [1.807, 2.05) is 31.2 Å². The molecule has 0 spiro atoms. The van der Waals surface area contributed by atoms with Crippen LogP contribution in [0.15, 0.2) is 48.5 Å². The van der Waals surface area contributed by atoms with Gasteiger partial charge in [0.15, 0.2) is 0 Å². The van der Waals surface area contributed by atoms with Crippen LogP contribution in [-0.4, -0.2) is 20.1 Å². The molecular weight excluding hydrogens is 281 g/mol. The highest BCUT2D eigenvalue weighted by atomic mass is 19.1. The Bertz CT molecular complexity index is 764. The second kappa shape index (κ2) is 6.07. The third-order valence-electron chi connectivity index (χ3n) is 3.53. The number of halogens is 1. The summed E-state index contributed by atoms with van der Waals surface area (Å²) in [4.78, 5) is 0.